The Morgan fingerprint density at radius 3 is 2.56 bits per heavy atom. The monoisotopic (exact) mass is 254 g/mol. The lowest BCUT2D eigenvalue weighted by molar-refractivity contribution is -0.0218. The quantitative estimate of drug-likeness (QED) is 0.766. The minimum absolute atomic E-state index is 0.0370. The van der Waals surface area contributed by atoms with Gasteiger partial charge in [-0.1, -0.05) is 0 Å². The van der Waals surface area contributed by atoms with Gasteiger partial charge in [-0.2, -0.15) is 0 Å². The van der Waals surface area contributed by atoms with Crippen LogP contribution in [0, 0.1) is 0 Å². The van der Waals surface area contributed by atoms with Crippen LogP contribution in [0.1, 0.15) is 28.9 Å². The molecule has 1 heterocycles. The van der Waals surface area contributed by atoms with Crippen molar-refractivity contribution in [3.05, 3.63) is 17.2 Å². The molecule has 0 unspecified atom stereocenters. The molecule has 1 aromatic rings. The van der Waals surface area contributed by atoms with E-state index in [1.807, 2.05) is 0 Å². The molecule has 0 bridgehead atoms. The van der Waals surface area contributed by atoms with Crippen LogP contribution in [-0.4, -0.2) is 36.5 Å². The number of rotatable bonds is 2. The predicted molar refractivity (Wildman–Crippen MR) is 61.0 cm³/mol. The van der Waals surface area contributed by atoms with Crippen LogP contribution in [0.3, 0.4) is 0 Å². The number of phenols is 1. The number of hydrogen-bond donors (Lipinski definition) is 2. The van der Waals surface area contributed by atoms with Crippen molar-refractivity contribution in [2.45, 2.75) is 19.1 Å². The Bertz CT molecular complexity index is 496. The van der Waals surface area contributed by atoms with Gasteiger partial charge in [-0.3, -0.25) is 0 Å². The summed E-state index contributed by atoms with van der Waals surface area (Å²) >= 11 is 0. The van der Waals surface area contributed by atoms with Crippen molar-refractivity contribution in [2.24, 2.45) is 0 Å². The van der Waals surface area contributed by atoms with E-state index in [1.165, 1.54) is 20.3 Å². The van der Waals surface area contributed by atoms with Crippen molar-refractivity contribution in [3.8, 4) is 17.2 Å². The van der Waals surface area contributed by atoms with E-state index in [4.69, 9.17) is 14.2 Å². The molecule has 1 aliphatic rings. The van der Waals surface area contributed by atoms with Crippen molar-refractivity contribution in [1.82, 2.24) is 0 Å². The first-order valence-corrected chi connectivity index (χ1v) is 5.38. The molecule has 2 N–H and O–H groups in total. The van der Waals surface area contributed by atoms with E-state index >= 15 is 0 Å². The Morgan fingerprint density at radius 2 is 2.00 bits per heavy atom. The molecule has 18 heavy (non-hydrogen) atoms. The third-order valence-corrected chi connectivity index (χ3v) is 2.94. The van der Waals surface area contributed by atoms with E-state index in [1.54, 1.807) is 6.92 Å². The molecule has 0 fully saturated rings. The van der Waals surface area contributed by atoms with Gasteiger partial charge in [-0.05, 0) is 13.0 Å². The second-order valence-corrected chi connectivity index (χ2v) is 3.98. The van der Waals surface area contributed by atoms with Gasteiger partial charge in [0, 0.05) is 5.56 Å². The van der Waals surface area contributed by atoms with Crippen LogP contribution in [0.5, 0.6) is 17.2 Å². The van der Waals surface area contributed by atoms with Crippen LogP contribution < -0.4 is 9.47 Å². The lowest BCUT2D eigenvalue weighted by atomic mass is 9.94. The number of aliphatic hydroxyl groups is 1. The van der Waals surface area contributed by atoms with Gasteiger partial charge in [-0.25, -0.2) is 4.79 Å². The Hall–Kier alpha value is -1.95. The normalized spacial score (nSPS) is 22.1. The van der Waals surface area contributed by atoms with Crippen LogP contribution in [0.4, 0.5) is 0 Å². The molecule has 0 aliphatic carbocycles. The Morgan fingerprint density at radius 1 is 1.33 bits per heavy atom. The molecule has 0 saturated carbocycles. The zero-order valence-corrected chi connectivity index (χ0v) is 10.3. The Balaban J connectivity index is 2.71. The highest BCUT2D eigenvalue weighted by Crippen LogP contribution is 2.45. The van der Waals surface area contributed by atoms with Gasteiger partial charge < -0.3 is 24.4 Å². The summed E-state index contributed by atoms with van der Waals surface area (Å²) in [6.07, 6.45) is -1.69. The fourth-order valence-corrected chi connectivity index (χ4v) is 1.99. The first-order valence-electron chi connectivity index (χ1n) is 5.38. The SMILES string of the molecule is COc1cc2c(c(O)c1OC)C(=O)O[C@@H](C)[C@@H]2O. The lowest BCUT2D eigenvalue weighted by Gasteiger charge is -2.28. The zero-order valence-electron chi connectivity index (χ0n) is 10.3. The fourth-order valence-electron chi connectivity index (χ4n) is 1.99. The molecule has 0 radical (unpaired) electrons. The van der Waals surface area contributed by atoms with Crippen molar-refractivity contribution in [2.75, 3.05) is 14.2 Å². The zero-order chi connectivity index (χ0) is 13.4. The van der Waals surface area contributed by atoms with Crippen LogP contribution >= 0.6 is 0 Å². The number of phenolic OH excluding ortho intramolecular Hbond substituents is 1. The summed E-state index contributed by atoms with van der Waals surface area (Å²) in [7, 11) is 2.75. The minimum atomic E-state index is -1.01. The van der Waals surface area contributed by atoms with E-state index in [0.717, 1.165) is 0 Å². The number of cyclic esters (lactones) is 1. The number of carbonyl (C=O) groups is 1. The molecule has 1 aromatic carbocycles. The number of carbonyl (C=O) groups excluding carboxylic acids is 1. The number of esters is 1. The average Bonchev–Trinajstić information content (AvgIpc) is 2.34. The van der Waals surface area contributed by atoms with E-state index in [9.17, 15) is 15.0 Å². The summed E-state index contributed by atoms with van der Waals surface area (Å²) in [4.78, 5) is 11.7. The standard InChI is InChI=1S/C12H14O6/c1-5-9(13)6-4-7(16-2)11(17-3)10(14)8(6)12(15)18-5/h4-5,9,13-14H,1-3H3/t5-,9-/m0/s1. The van der Waals surface area contributed by atoms with Gasteiger partial charge in [0.05, 0.1) is 14.2 Å². The molecule has 0 aromatic heterocycles. The molecule has 2 atom stereocenters. The second kappa shape index (κ2) is 4.38. The fraction of sp³-hybridized carbons (Fsp3) is 0.417. The molecular weight excluding hydrogens is 240 g/mol. The van der Waals surface area contributed by atoms with Gasteiger partial charge in [0.1, 0.15) is 17.8 Å². The highest BCUT2D eigenvalue weighted by molar-refractivity contribution is 5.97. The largest absolute Gasteiger partial charge is 0.504 e. The molecule has 0 amide bonds. The molecule has 98 valence electrons. The van der Waals surface area contributed by atoms with Crippen LogP contribution in [-0.2, 0) is 4.74 Å². The molecule has 2 rings (SSSR count). The van der Waals surface area contributed by atoms with Crippen molar-refractivity contribution in [3.63, 3.8) is 0 Å². The Kier molecular flexibility index (Phi) is 3.04. The number of ether oxygens (including phenoxy) is 3. The second-order valence-electron chi connectivity index (χ2n) is 3.98. The molecular formula is C12H14O6. The molecule has 0 saturated heterocycles. The van der Waals surface area contributed by atoms with E-state index in [-0.39, 0.29) is 28.4 Å². The number of methoxy groups -OCH3 is 2. The van der Waals surface area contributed by atoms with Crippen LogP contribution in [0.25, 0.3) is 0 Å². The number of benzene rings is 1. The van der Waals surface area contributed by atoms with Crippen LogP contribution in [0.2, 0.25) is 0 Å². The van der Waals surface area contributed by atoms with Gasteiger partial charge >= 0.3 is 5.97 Å². The maximum atomic E-state index is 11.7. The molecule has 0 spiro atoms. The van der Waals surface area contributed by atoms with E-state index in [2.05, 4.69) is 0 Å². The summed E-state index contributed by atoms with van der Waals surface area (Å²) in [5.41, 5.74) is 0.187. The van der Waals surface area contributed by atoms with Crippen molar-refractivity contribution in [1.29, 1.82) is 0 Å². The van der Waals surface area contributed by atoms with Gasteiger partial charge in [0.15, 0.2) is 11.5 Å². The van der Waals surface area contributed by atoms with Crippen LogP contribution in [0.15, 0.2) is 6.07 Å². The summed E-state index contributed by atoms with van der Waals surface area (Å²) in [6, 6.07) is 1.47. The summed E-state index contributed by atoms with van der Waals surface area (Å²) < 4.78 is 15.0. The highest BCUT2D eigenvalue weighted by atomic mass is 16.6. The number of hydrogen-bond acceptors (Lipinski definition) is 6. The number of aliphatic hydroxyl groups excluding tert-OH is 1. The first kappa shape index (κ1) is 12.5. The maximum Gasteiger partial charge on any atom is 0.342 e. The first-order chi connectivity index (χ1) is 8.51. The highest BCUT2D eigenvalue weighted by Gasteiger charge is 2.36. The predicted octanol–water partition coefficient (Wildman–Crippen LogP) is 1.00. The smallest absolute Gasteiger partial charge is 0.342 e. The van der Waals surface area contributed by atoms with E-state index in [0.29, 0.717) is 0 Å². The average molecular weight is 254 g/mol. The Labute approximate surface area is 104 Å². The summed E-state index contributed by atoms with van der Waals surface area (Å²) in [5.74, 6) is -0.797. The number of fused-ring (bicyclic) bond motifs is 1. The lowest BCUT2D eigenvalue weighted by Crippen LogP contribution is -2.30. The van der Waals surface area contributed by atoms with Gasteiger partial charge in [-0.15, -0.1) is 0 Å². The third kappa shape index (κ3) is 1.65. The van der Waals surface area contributed by atoms with Gasteiger partial charge in [0.25, 0.3) is 0 Å². The number of aromatic hydroxyl groups is 1. The minimum Gasteiger partial charge on any atom is -0.504 e. The van der Waals surface area contributed by atoms with Crippen molar-refractivity contribution >= 4 is 5.97 Å². The topological polar surface area (TPSA) is 85.2 Å². The summed E-state index contributed by atoms with van der Waals surface area (Å²) in [5, 5.41) is 20.0. The maximum absolute atomic E-state index is 11.7. The summed E-state index contributed by atoms with van der Waals surface area (Å²) in [6.45, 7) is 1.57. The van der Waals surface area contributed by atoms with Gasteiger partial charge in [0.2, 0.25) is 5.75 Å². The molecule has 6 heteroatoms. The molecule has 1 aliphatic heterocycles. The van der Waals surface area contributed by atoms with Crippen molar-refractivity contribution < 1.29 is 29.2 Å². The molecule has 6 nitrogen and oxygen atoms in total. The van der Waals surface area contributed by atoms with E-state index < -0.39 is 18.2 Å². The third-order valence-electron chi connectivity index (χ3n) is 2.94.